The van der Waals surface area contributed by atoms with Crippen LogP contribution in [0, 0.1) is 0 Å². The molecule has 1 aromatic heterocycles. The smallest absolute Gasteiger partial charge is 0.276 e. The highest BCUT2D eigenvalue weighted by atomic mass is 16.5. The number of amides is 1. The van der Waals surface area contributed by atoms with Crippen LogP contribution in [0.25, 0.3) is 0 Å². The van der Waals surface area contributed by atoms with Crippen LogP contribution in [0.5, 0.6) is 5.75 Å². The van der Waals surface area contributed by atoms with E-state index in [1.165, 1.54) is 6.07 Å². The van der Waals surface area contributed by atoms with Gasteiger partial charge in [-0.05, 0) is 18.9 Å². The Morgan fingerprint density at radius 2 is 2.00 bits per heavy atom. The Kier molecular flexibility index (Phi) is 4.05. The lowest BCUT2D eigenvalue weighted by atomic mass is 10.1. The molecule has 2 aromatic rings. The Bertz CT molecular complexity index is 846. The maximum Gasteiger partial charge on any atom is 0.276 e. The monoisotopic (exact) mass is 340 g/mol. The summed E-state index contributed by atoms with van der Waals surface area (Å²) in [6.45, 7) is 3.40. The van der Waals surface area contributed by atoms with E-state index in [2.05, 4.69) is 0 Å². The molecule has 6 nitrogen and oxygen atoms in total. The van der Waals surface area contributed by atoms with Crippen molar-refractivity contribution in [2.75, 3.05) is 6.61 Å². The van der Waals surface area contributed by atoms with Gasteiger partial charge >= 0.3 is 0 Å². The second-order valence-electron chi connectivity index (χ2n) is 6.46. The van der Waals surface area contributed by atoms with Crippen LogP contribution in [-0.2, 0) is 17.9 Å². The van der Waals surface area contributed by atoms with E-state index in [0.29, 0.717) is 18.8 Å². The number of aromatic nitrogens is 1. The van der Waals surface area contributed by atoms with Crippen molar-refractivity contribution in [2.45, 2.75) is 38.8 Å². The number of benzene rings is 1. The van der Waals surface area contributed by atoms with Gasteiger partial charge in [0.1, 0.15) is 6.61 Å². The summed E-state index contributed by atoms with van der Waals surface area (Å²) >= 11 is 0. The summed E-state index contributed by atoms with van der Waals surface area (Å²) in [5.74, 6) is -0.0863. The van der Waals surface area contributed by atoms with Crippen molar-refractivity contribution in [2.24, 2.45) is 0 Å². The third-order valence-corrected chi connectivity index (χ3v) is 4.78. The largest absolute Gasteiger partial charge is 0.483 e. The molecule has 1 fully saturated rings. The van der Waals surface area contributed by atoms with Gasteiger partial charge in [0.05, 0.1) is 13.2 Å². The Labute approximate surface area is 145 Å². The summed E-state index contributed by atoms with van der Waals surface area (Å²) in [5.41, 5.74) is 0.983. The molecule has 3 heterocycles. The van der Waals surface area contributed by atoms with Gasteiger partial charge in [-0.15, -0.1) is 0 Å². The summed E-state index contributed by atoms with van der Waals surface area (Å²) in [5, 5.41) is 0. The average molecular weight is 340 g/mol. The van der Waals surface area contributed by atoms with Crippen molar-refractivity contribution in [1.82, 2.24) is 9.47 Å². The fourth-order valence-corrected chi connectivity index (χ4v) is 3.44. The molecule has 1 amide bonds. The molecule has 0 radical (unpaired) electrons. The molecule has 2 aliphatic rings. The van der Waals surface area contributed by atoms with Crippen molar-refractivity contribution >= 4 is 5.91 Å². The zero-order chi connectivity index (χ0) is 17.4. The first-order valence-corrected chi connectivity index (χ1v) is 8.49. The van der Waals surface area contributed by atoms with Crippen LogP contribution in [0.4, 0.5) is 0 Å². The molecule has 6 heteroatoms. The van der Waals surface area contributed by atoms with Crippen LogP contribution in [0.15, 0.2) is 47.4 Å². The molecule has 1 saturated heterocycles. The van der Waals surface area contributed by atoms with Crippen molar-refractivity contribution in [3.05, 3.63) is 64.1 Å². The highest BCUT2D eigenvalue weighted by Crippen LogP contribution is 2.29. The zero-order valence-electron chi connectivity index (χ0n) is 14.1. The van der Waals surface area contributed by atoms with Crippen LogP contribution in [-0.4, -0.2) is 34.3 Å². The Balaban J connectivity index is 1.70. The average Bonchev–Trinajstić information content (AvgIpc) is 2.62. The van der Waals surface area contributed by atoms with Crippen LogP contribution in [0.3, 0.4) is 0 Å². The molecule has 0 N–H and O–H groups in total. The van der Waals surface area contributed by atoms with E-state index in [4.69, 9.17) is 9.47 Å². The van der Waals surface area contributed by atoms with E-state index in [9.17, 15) is 9.59 Å². The van der Waals surface area contributed by atoms with Gasteiger partial charge in [0, 0.05) is 18.3 Å². The van der Waals surface area contributed by atoms with Gasteiger partial charge < -0.3 is 18.9 Å². The van der Waals surface area contributed by atoms with Gasteiger partial charge in [-0.2, -0.15) is 0 Å². The summed E-state index contributed by atoms with van der Waals surface area (Å²) in [4.78, 5) is 27.1. The Hall–Kier alpha value is -2.60. The SMILES string of the molecule is C[C@@H]1CCO[C@H]2Cn3ccc(=O)c(OCc4ccccc4)c3C(=O)N12. The van der Waals surface area contributed by atoms with Crippen molar-refractivity contribution in [1.29, 1.82) is 0 Å². The predicted octanol–water partition coefficient (Wildman–Crippen LogP) is 2.02. The Morgan fingerprint density at radius 3 is 2.80 bits per heavy atom. The molecule has 0 aliphatic carbocycles. The molecular formula is C19H20N2O4. The van der Waals surface area contributed by atoms with Gasteiger partial charge in [-0.25, -0.2) is 0 Å². The highest BCUT2D eigenvalue weighted by Gasteiger charge is 2.40. The quantitative estimate of drug-likeness (QED) is 0.858. The molecule has 0 spiro atoms. The lowest BCUT2D eigenvalue weighted by molar-refractivity contribution is -0.112. The van der Waals surface area contributed by atoms with E-state index < -0.39 is 0 Å². The second kappa shape index (κ2) is 6.37. The Morgan fingerprint density at radius 1 is 1.20 bits per heavy atom. The summed E-state index contributed by atoms with van der Waals surface area (Å²) < 4.78 is 13.3. The molecule has 0 unspecified atom stereocenters. The van der Waals surface area contributed by atoms with E-state index in [1.807, 2.05) is 37.3 Å². The van der Waals surface area contributed by atoms with Gasteiger partial charge in [0.15, 0.2) is 17.7 Å². The van der Waals surface area contributed by atoms with Gasteiger partial charge in [-0.3, -0.25) is 9.59 Å². The molecule has 0 saturated carbocycles. The summed E-state index contributed by atoms with van der Waals surface area (Å²) in [6, 6.07) is 11.1. The van der Waals surface area contributed by atoms with E-state index in [1.54, 1.807) is 15.7 Å². The van der Waals surface area contributed by atoms with Crippen molar-refractivity contribution in [3.63, 3.8) is 0 Å². The lowest BCUT2D eigenvalue weighted by Gasteiger charge is -2.44. The molecular weight excluding hydrogens is 320 g/mol. The minimum Gasteiger partial charge on any atom is -0.483 e. The number of rotatable bonds is 3. The fraction of sp³-hybridized carbons (Fsp3) is 0.368. The number of fused-ring (bicyclic) bond motifs is 2. The first kappa shape index (κ1) is 15.9. The van der Waals surface area contributed by atoms with Crippen molar-refractivity contribution < 1.29 is 14.3 Å². The lowest BCUT2D eigenvalue weighted by Crippen LogP contribution is -2.56. The van der Waals surface area contributed by atoms with E-state index in [-0.39, 0.29) is 36.0 Å². The van der Waals surface area contributed by atoms with E-state index in [0.717, 1.165) is 12.0 Å². The maximum absolute atomic E-state index is 13.1. The maximum atomic E-state index is 13.1. The third kappa shape index (κ3) is 2.82. The van der Waals surface area contributed by atoms with Crippen LogP contribution in [0.2, 0.25) is 0 Å². The number of hydrogen-bond donors (Lipinski definition) is 0. The van der Waals surface area contributed by atoms with Crippen molar-refractivity contribution in [3.8, 4) is 5.75 Å². The molecule has 25 heavy (non-hydrogen) atoms. The van der Waals surface area contributed by atoms with Crippen LogP contribution >= 0.6 is 0 Å². The highest BCUT2D eigenvalue weighted by molar-refractivity contribution is 5.96. The number of hydrogen-bond acceptors (Lipinski definition) is 4. The predicted molar refractivity (Wildman–Crippen MR) is 91.5 cm³/mol. The summed E-state index contributed by atoms with van der Waals surface area (Å²) in [6.07, 6.45) is 2.15. The molecule has 130 valence electrons. The summed E-state index contributed by atoms with van der Waals surface area (Å²) in [7, 11) is 0. The first-order chi connectivity index (χ1) is 12.1. The minimum absolute atomic E-state index is 0.0808. The number of carbonyl (C=O) groups is 1. The number of pyridine rings is 1. The minimum atomic E-state index is -0.284. The fourth-order valence-electron chi connectivity index (χ4n) is 3.44. The standard InChI is InChI=1S/C19H20N2O4/c1-13-8-10-24-16-11-20-9-7-15(22)18(17(20)19(23)21(13)16)25-12-14-5-3-2-4-6-14/h2-7,9,13,16H,8,10-12H2,1H3/t13-,16+/m1/s1. The number of nitrogens with zero attached hydrogens (tertiary/aromatic N) is 2. The number of carbonyl (C=O) groups excluding carboxylic acids is 1. The first-order valence-electron chi connectivity index (χ1n) is 8.49. The molecule has 1 aromatic carbocycles. The van der Waals surface area contributed by atoms with Gasteiger partial charge in [-0.1, -0.05) is 30.3 Å². The van der Waals surface area contributed by atoms with E-state index >= 15 is 0 Å². The topological polar surface area (TPSA) is 60.8 Å². The van der Waals surface area contributed by atoms with Gasteiger partial charge in [0.25, 0.3) is 5.91 Å². The molecule has 4 rings (SSSR count). The normalized spacial score (nSPS) is 22.3. The molecule has 2 aliphatic heterocycles. The zero-order valence-corrected chi connectivity index (χ0v) is 14.1. The third-order valence-electron chi connectivity index (χ3n) is 4.78. The molecule has 0 bridgehead atoms. The van der Waals surface area contributed by atoms with Crippen LogP contribution in [0.1, 0.15) is 29.4 Å². The van der Waals surface area contributed by atoms with Gasteiger partial charge in [0.2, 0.25) is 5.43 Å². The molecule has 2 atom stereocenters. The second-order valence-corrected chi connectivity index (χ2v) is 6.46. The van der Waals surface area contributed by atoms with Crippen LogP contribution < -0.4 is 10.2 Å². The number of ether oxygens (including phenoxy) is 2.